The highest BCUT2D eigenvalue weighted by molar-refractivity contribution is 6.32. The lowest BCUT2D eigenvalue weighted by Gasteiger charge is -2.15. The Morgan fingerprint density at radius 1 is 0.917 bits per heavy atom. The summed E-state index contributed by atoms with van der Waals surface area (Å²) >= 11 is 12.4. The Labute approximate surface area is 150 Å². The molecule has 124 valence electrons. The van der Waals surface area contributed by atoms with Gasteiger partial charge in [-0.15, -0.1) is 0 Å². The minimum atomic E-state index is 0.488. The third-order valence-corrected chi connectivity index (χ3v) is 4.55. The van der Waals surface area contributed by atoms with Gasteiger partial charge in [-0.1, -0.05) is 23.2 Å². The summed E-state index contributed by atoms with van der Waals surface area (Å²) in [5, 5.41) is 5.52. The average molecular weight is 363 g/mol. The lowest BCUT2D eigenvalue weighted by molar-refractivity contribution is 0.405. The zero-order valence-electron chi connectivity index (χ0n) is 13.5. The molecule has 0 spiro atoms. The highest BCUT2D eigenvalue weighted by Crippen LogP contribution is 2.38. The number of anilines is 2. The van der Waals surface area contributed by atoms with Crippen molar-refractivity contribution in [2.75, 3.05) is 19.5 Å². The number of hydrogen-bond acceptors (Lipinski definition) is 4. The molecule has 1 N–H and O–H groups in total. The summed E-state index contributed by atoms with van der Waals surface area (Å²) in [6.07, 6.45) is 1.74. The molecule has 0 saturated carbocycles. The Bertz CT molecular complexity index is 913. The van der Waals surface area contributed by atoms with Crippen LogP contribution in [0, 0.1) is 6.92 Å². The summed E-state index contributed by atoms with van der Waals surface area (Å²) in [5.74, 6) is 1.19. The summed E-state index contributed by atoms with van der Waals surface area (Å²) in [7, 11) is 3.17. The second-order valence-corrected chi connectivity index (χ2v) is 6.05. The van der Waals surface area contributed by atoms with Crippen molar-refractivity contribution in [3.63, 3.8) is 0 Å². The van der Waals surface area contributed by atoms with Crippen molar-refractivity contribution < 1.29 is 9.47 Å². The maximum absolute atomic E-state index is 6.19. The van der Waals surface area contributed by atoms with Crippen LogP contribution in [0.2, 0.25) is 10.0 Å². The number of benzene rings is 2. The molecule has 1 aromatic heterocycles. The van der Waals surface area contributed by atoms with Crippen LogP contribution in [-0.2, 0) is 0 Å². The topological polar surface area (TPSA) is 43.4 Å². The maximum atomic E-state index is 6.19. The number of fused-ring (bicyclic) bond motifs is 1. The number of hydrogen-bond donors (Lipinski definition) is 1. The standard InChI is InChI=1S/C18H16Cl2N2O2/c1-10-12(19)5-4-11-14(6-7-21-18(10)11)22-15-9-16(23-2)13(20)8-17(15)24-3/h4-9H,1-3H3,(H,21,22). The molecule has 0 unspecified atom stereocenters. The van der Waals surface area contributed by atoms with Crippen LogP contribution in [0.15, 0.2) is 36.5 Å². The summed E-state index contributed by atoms with van der Waals surface area (Å²) in [6, 6.07) is 9.23. The van der Waals surface area contributed by atoms with E-state index in [1.165, 1.54) is 0 Å². The van der Waals surface area contributed by atoms with Gasteiger partial charge in [0.15, 0.2) is 0 Å². The molecular weight excluding hydrogens is 347 g/mol. The molecule has 0 aliphatic heterocycles. The zero-order chi connectivity index (χ0) is 17.3. The fraction of sp³-hybridized carbons (Fsp3) is 0.167. The van der Waals surface area contributed by atoms with Gasteiger partial charge in [-0.05, 0) is 30.7 Å². The normalized spacial score (nSPS) is 10.7. The van der Waals surface area contributed by atoms with Gasteiger partial charge >= 0.3 is 0 Å². The fourth-order valence-electron chi connectivity index (χ4n) is 2.55. The highest BCUT2D eigenvalue weighted by Gasteiger charge is 2.12. The Balaban J connectivity index is 2.12. The van der Waals surface area contributed by atoms with Crippen LogP contribution in [0.4, 0.5) is 11.4 Å². The molecule has 24 heavy (non-hydrogen) atoms. The van der Waals surface area contributed by atoms with E-state index >= 15 is 0 Å². The first kappa shape index (κ1) is 16.7. The second kappa shape index (κ2) is 6.75. The van der Waals surface area contributed by atoms with Crippen molar-refractivity contribution in [2.45, 2.75) is 6.92 Å². The number of halogens is 2. The minimum absolute atomic E-state index is 0.488. The molecule has 0 radical (unpaired) electrons. The van der Waals surface area contributed by atoms with E-state index < -0.39 is 0 Å². The van der Waals surface area contributed by atoms with Crippen molar-refractivity contribution in [1.82, 2.24) is 4.98 Å². The van der Waals surface area contributed by atoms with E-state index in [0.29, 0.717) is 21.5 Å². The van der Waals surface area contributed by atoms with E-state index in [1.807, 2.05) is 25.1 Å². The highest BCUT2D eigenvalue weighted by atomic mass is 35.5. The lowest BCUT2D eigenvalue weighted by Crippen LogP contribution is -1.98. The van der Waals surface area contributed by atoms with Gasteiger partial charge in [-0.3, -0.25) is 4.98 Å². The van der Waals surface area contributed by atoms with Crippen LogP contribution >= 0.6 is 23.2 Å². The number of nitrogens with one attached hydrogen (secondary N) is 1. The molecule has 6 heteroatoms. The van der Waals surface area contributed by atoms with Crippen LogP contribution in [-0.4, -0.2) is 19.2 Å². The molecule has 0 atom stereocenters. The Hall–Kier alpha value is -2.17. The Morgan fingerprint density at radius 3 is 2.38 bits per heavy atom. The fourth-order valence-corrected chi connectivity index (χ4v) is 2.93. The van der Waals surface area contributed by atoms with E-state index in [9.17, 15) is 0 Å². The number of aromatic nitrogens is 1. The smallest absolute Gasteiger partial charge is 0.144 e. The van der Waals surface area contributed by atoms with Crippen LogP contribution in [0.3, 0.4) is 0 Å². The van der Waals surface area contributed by atoms with Crippen LogP contribution in [0.25, 0.3) is 10.9 Å². The molecule has 0 amide bonds. The number of nitrogens with zero attached hydrogens (tertiary/aromatic N) is 1. The van der Waals surface area contributed by atoms with Crippen molar-refractivity contribution in [3.05, 3.63) is 52.1 Å². The van der Waals surface area contributed by atoms with Crippen molar-refractivity contribution in [3.8, 4) is 11.5 Å². The monoisotopic (exact) mass is 362 g/mol. The van der Waals surface area contributed by atoms with Crippen LogP contribution < -0.4 is 14.8 Å². The van der Waals surface area contributed by atoms with Crippen molar-refractivity contribution in [2.24, 2.45) is 0 Å². The predicted molar refractivity (Wildman–Crippen MR) is 99.3 cm³/mol. The van der Waals surface area contributed by atoms with Gasteiger partial charge in [0.2, 0.25) is 0 Å². The SMILES string of the molecule is COc1cc(Nc2ccnc3c(C)c(Cl)ccc23)c(OC)cc1Cl. The van der Waals surface area contributed by atoms with E-state index in [1.54, 1.807) is 32.5 Å². The molecule has 3 aromatic rings. The first-order valence-electron chi connectivity index (χ1n) is 7.27. The molecule has 0 aliphatic rings. The molecule has 4 nitrogen and oxygen atoms in total. The molecule has 3 rings (SSSR count). The molecule has 0 aliphatic carbocycles. The van der Waals surface area contributed by atoms with Gasteiger partial charge in [-0.2, -0.15) is 0 Å². The van der Waals surface area contributed by atoms with Gasteiger partial charge in [0.25, 0.3) is 0 Å². The zero-order valence-corrected chi connectivity index (χ0v) is 15.0. The molecule has 0 fully saturated rings. The van der Waals surface area contributed by atoms with Gasteiger partial charge in [0.05, 0.1) is 30.4 Å². The van der Waals surface area contributed by atoms with Gasteiger partial charge in [0, 0.05) is 34.4 Å². The number of pyridine rings is 1. The minimum Gasteiger partial charge on any atom is -0.495 e. The Morgan fingerprint density at radius 2 is 1.67 bits per heavy atom. The number of methoxy groups -OCH3 is 2. The molecule has 0 bridgehead atoms. The first-order valence-corrected chi connectivity index (χ1v) is 8.03. The third kappa shape index (κ3) is 2.95. The molecule has 2 aromatic carbocycles. The first-order chi connectivity index (χ1) is 11.5. The van der Waals surface area contributed by atoms with E-state index in [0.717, 1.165) is 27.8 Å². The Kier molecular flexibility index (Phi) is 4.69. The second-order valence-electron chi connectivity index (χ2n) is 5.24. The van der Waals surface area contributed by atoms with Crippen LogP contribution in [0.1, 0.15) is 5.56 Å². The maximum Gasteiger partial charge on any atom is 0.144 e. The largest absolute Gasteiger partial charge is 0.495 e. The molecular formula is C18H16Cl2N2O2. The number of ether oxygens (including phenoxy) is 2. The number of aryl methyl sites for hydroxylation is 1. The van der Waals surface area contributed by atoms with Crippen molar-refractivity contribution in [1.29, 1.82) is 0 Å². The van der Waals surface area contributed by atoms with Gasteiger partial charge in [0.1, 0.15) is 11.5 Å². The average Bonchev–Trinajstić information content (AvgIpc) is 2.59. The number of rotatable bonds is 4. The van der Waals surface area contributed by atoms with E-state index in [2.05, 4.69) is 10.3 Å². The molecule has 0 saturated heterocycles. The lowest BCUT2D eigenvalue weighted by atomic mass is 10.1. The van der Waals surface area contributed by atoms with Gasteiger partial charge in [-0.25, -0.2) is 0 Å². The summed E-state index contributed by atoms with van der Waals surface area (Å²) in [4.78, 5) is 4.43. The van der Waals surface area contributed by atoms with Crippen molar-refractivity contribution >= 4 is 45.5 Å². The van der Waals surface area contributed by atoms with Gasteiger partial charge < -0.3 is 14.8 Å². The van der Waals surface area contributed by atoms with E-state index in [4.69, 9.17) is 32.7 Å². The third-order valence-electron chi connectivity index (χ3n) is 3.84. The predicted octanol–water partition coefficient (Wildman–Crippen LogP) is 5.61. The van der Waals surface area contributed by atoms with Crippen LogP contribution in [0.5, 0.6) is 11.5 Å². The summed E-state index contributed by atoms with van der Waals surface area (Å²) in [6.45, 7) is 1.95. The molecule has 1 heterocycles. The van der Waals surface area contributed by atoms with E-state index in [-0.39, 0.29) is 0 Å². The summed E-state index contributed by atoms with van der Waals surface area (Å²) < 4.78 is 10.7. The quantitative estimate of drug-likeness (QED) is 0.654. The summed E-state index contributed by atoms with van der Waals surface area (Å²) in [5.41, 5.74) is 3.44.